The van der Waals surface area contributed by atoms with Gasteiger partial charge in [0.05, 0.1) is 10.6 Å². The van der Waals surface area contributed by atoms with Crippen molar-refractivity contribution in [3.8, 4) is 0 Å². The summed E-state index contributed by atoms with van der Waals surface area (Å²) in [5.74, 6) is 0. The van der Waals surface area contributed by atoms with Gasteiger partial charge in [-0.1, -0.05) is 39.7 Å². The molecule has 0 unspecified atom stereocenters. The monoisotopic (exact) mass is 373 g/mol. The Bertz CT molecular complexity index is 714. The third kappa shape index (κ3) is 3.53. The number of rotatable bonds is 4. The Labute approximate surface area is 132 Å². The van der Waals surface area contributed by atoms with Crippen LogP contribution in [-0.4, -0.2) is 8.42 Å². The number of anilines is 1. The van der Waals surface area contributed by atoms with Crippen LogP contribution >= 0.6 is 27.5 Å². The first-order valence-electron chi connectivity index (χ1n) is 5.86. The summed E-state index contributed by atoms with van der Waals surface area (Å²) in [5, 5.41) is 1.27. The standard InChI is InChI=1S/C14H13BrClNO2S/c1-10-8-12(16)4-7-14(10)17-20(18,19)13-5-2-11(9-15)3-6-13/h2-8,17H,9H2,1H3. The molecule has 0 bridgehead atoms. The first kappa shape index (κ1) is 15.4. The van der Waals surface area contributed by atoms with Crippen LogP contribution in [0.25, 0.3) is 0 Å². The fraction of sp³-hybridized carbons (Fsp3) is 0.143. The van der Waals surface area contributed by atoms with Crippen LogP contribution in [-0.2, 0) is 15.4 Å². The maximum atomic E-state index is 12.3. The molecule has 1 N–H and O–H groups in total. The molecule has 0 atom stereocenters. The first-order valence-corrected chi connectivity index (χ1v) is 8.84. The van der Waals surface area contributed by atoms with E-state index in [4.69, 9.17) is 11.6 Å². The third-order valence-electron chi connectivity index (χ3n) is 2.82. The third-order valence-corrected chi connectivity index (χ3v) is 5.08. The Morgan fingerprint density at radius 3 is 2.35 bits per heavy atom. The van der Waals surface area contributed by atoms with Gasteiger partial charge in [-0.15, -0.1) is 0 Å². The van der Waals surface area contributed by atoms with Gasteiger partial charge in [-0.05, 0) is 48.4 Å². The van der Waals surface area contributed by atoms with Crippen molar-refractivity contribution in [2.24, 2.45) is 0 Å². The summed E-state index contributed by atoms with van der Waals surface area (Å²) in [4.78, 5) is 0.233. The molecule has 0 amide bonds. The van der Waals surface area contributed by atoms with E-state index in [2.05, 4.69) is 20.7 Å². The highest BCUT2D eigenvalue weighted by Gasteiger charge is 2.15. The predicted molar refractivity (Wildman–Crippen MR) is 86.1 cm³/mol. The molecule has 20 heavy (non-hydrogen) atoms. The molecule has 0 saturated heterocycles. The molecular formula is C14H13BrClNO2S. The highest BCUT2D eigenvalue weighted by molar-refractivity contribution is 9.08. The van der Waals surface area contributed by atoms with Gasteiger partial charge >= 0.3 is 0 Å². The average molecular weight is 375 g/mol. The normalized spacial score (nSPS) is 11.3. The summed E-state index contributed by atoms with van der Waals surface area (Å²) < 4.78 is 27.1. The molecular weight excluding hydrogens is 362 g/mol. The molecule has 0 fully saturated rings. The fourth-order valence-electron chi connectivity index (χ4n) is 1.70. The van der Waals surface area contributed by atoms with E-state index < -0.39 is 10.0 Å². The molecule has 0 aromatic heterocycles. The molecule has 0 aliphatic carbocycles. The molecule has 6 heteroatoms. The summed E-state index contributed by atoms with van der Waals surface area (Å²) in [6.45, 7) is 1.80. The van der Waals surface area contributed by atoms with Crippen LogP contribution in [0.5, 0.6) is 0 Å². The van der Waals surface area contributed by atoms with Crippen LogP contribution in [0.4, 0.5) is 5.69 Å². The maximum Gasteiger partial charge on any atom is 0.261 e. The van der Waals surface area contributed by atoms with E-state index in [-0.39, 0.29) is 4.90 Å². The number of nitrogens with one attached hydrogen (secondary N) is 1. The van der Waals surface area contributed by atoms with Crippen LogP contribution < -0.4 is 4.72 Å². The number of benzene rings is 2. The number of sulfonamides is 1. The molecule has 2 aromatic carbocycles. The Morgan fingerprint density at radius 1 is 1.15 bits per heavy atom. The lowest BCUT2D eigenvalue weighted by molar-refractivity contribution is 0.601. The Morgan fingerprint density at radius 2 is 1.80 bits per heavy atom. The Balaban J connectivity index is 2.30. The van der Waals surface area contributed by atoms with Gasteiger partial charge in [-0.3, -0.25) is 4.72 Å². The SMILES string of the molecule is Cc1cc(Cl)ccc1NS(=O)(=O)c1ccc(CBr)cc1. The quantitative estimate of drug-likeness (QED) is 0.809. The molecule has 0 aliphatic rings. The van der Waals surface area contributed by atoms with E-state index in [0.29, 0.717) is 16.0 Å². The average Bonchev–Trinajstić information content (AvgIpc) is 2.42. The number of hydrogen-bond donors (Lipinski definition) is 1. The lowest BCUT2D eigenvalue weighted by Crippen LogP contribution is -2.13. The van der Waals surface area contributed by atoms with Crippen LogP contribution in [0.2, 0.25) is 5.02 Å². The van der Waals surface area contributed by atoms with Crippen LogP contribution in [0.3, 0.4) is 0 Å². The number of alkyl halides is 1. The van der Waals surface area contributed by atoms with Crippen molar-refractivity contribution in [3.05, 3.63) is 58.6 Å². The highest BCUT2D eigenvalue weighted by atomic mass is 79.9. The molecule has 0 saturated carbocycles. The minimum atomic E-state index is -3.58. The van der Waals surface area contributed by atoms with Crippen molar-refractivity contribution in [1.82, 2.24) is 0 Å². The minimum Gasteiger partial charge on any atom is -0.279 e. The van der Waals surface area contributed by atoms with Gasteiger partial charge < -0.3 is 0 Å². The van der Waals surface area contributed by atoms with E-state index in [1.807, 2.05) is 0 Å². The Kier molecular flexibility index (Phi) is 4.73. The lowest BCUT2D eigenvalue weighted by Gasteiger charge is -2.11. The van der Waals surface area contributed by atoms with E-state index in [9.17, 15) is 8.42 Å². The second-order valence-corrected chi connectivity index (χ2v) is 7.02. The summed E-state index contributed by atoms with van der Waals surface area (Å²) in [7, 11) is -3.58. The summed E-state index contributed by atoms with van der Waals surface area (Å²) in [6, 6.07) is 11.8. The van der Waals surface area contributed by atoms with Crippen molar-refractivity contribution >= 4 is 43.2 Å². The number of hydrogen-bond acceptors (Lipinski definition) is 2. The molecule has 0 aliphatic heterocycles. The van der Waals surface area contributed by atoms with Gasteiger partial charge in [0.25, 0.3) is 10.0 Å². The second-order valence-electron chi connectivity index (χ2n) is 4.34. The molecule has 2 rings (SSSR count). The van der Waals surface area contributed by atoms with Crippen molar-refractivity contribution in [2.75, 3.05) is 4.72 Å². The van der Waals surface area contributed by atoms with Crippen molar-refractivity contribution in [2.45, 2.75) is 17.1 Å². The molecule has 0 radical (unpaired) electrons. The van der Waals surface area contributed by atoms with Crippen molar-refractivity contribution in [1.29, 1.82) is 0 Å². The van der Waals surface area contributed by atoms with Gasteiger partial charge in [-0.2, -0.15) is 0 Å². The molecule has 3 nitrogen and oxygen atoms in total. The molecule has 0 heterocycles. The summed E-state index contributed by atoms with van der Waals surface area (Å²) >= 11 is 9.18. The van der Waals surface area contributed by atoms with E-state index in [0.717, 1.165) is 11.1 Å². The van der Waals surface area contributed by atoms with Crippen LogP contribution in [0.1, 0.15) is 11.1 Å². The van der Waals surface area contributed by atoms with E-state index in [1.54, 1.807) is 49.4 Å². The Hall–Kier alpha value is -1.04. The van der Waals surface area contributed by atoms with Gasteiger partial charge in [-0.25, -0.2) is 8.42 Å². The predicted octanol–water partition coefficient (Wildman–Crippen LogP) is 4.34. The summed E-state index contributed by atoms with van der Waals surface area (Å²) in [5.41, 5.74) is 2.32. The highest BCUT2D eigenvalue weighted by Crippen LogP contribution is 2.23. The van der Waals surface area contributed by atoms with Crippen molar-refractivity contribution < 1.29 is 8.42 Å². The van der Waals surface area contributed by atoms with Gasteiger partial charge in [0.2, 0.25) is 0 Å². The zero-order valence-corrected chi connectivity index (χ0v) is 13.9. The van der Waals surface area contributed by atoms with Gasteiger partial charge in [0.1, 0.15) is 0 Å². The van der Waals surface area contributed by atoms with E-state index in [1.165, 1.54) is 0 Å². The second kappa shape index (κ2) is 6.16. The summed E-state index contributed by atoms with van der Waals surface area (Å²) in [6.07, 6.45) is 0. The lowest BCUT2D eigenvalue weighted by atomic mass is 10.2. The number of halogens is 2. The molecule has 2 aromatic rings. The van der Waals surface area contributed by atoms with E-state index >= 15 is 0 Å². The largest absolute Gasteiger partial charge is 0.279 e. The zero-order valence-electron chi connectivity index (χ0n) is 10.7. The zero-order chi connectivity index (χ0) is 14.8. The van der Waals surface area contributed by atoms with Crippen molar-refractivity contribution in [3.63, 3.8) is 0 Å². The number of aryl methyl sites for hydroxylation is 1. The van der Waals surface area contributed by atoms with Gasteiger partial charge in [0, 0.05) is 10.4 Å². The first-order chi connectivity index (χ1) is 9.42. The van der Waals surface area contributed by atoms with Crippen LogP contribution in [0, 0.1) is 6.92 Å². The smallest absolute Gasteiger partial charge is 0.261 e. The van der Waals surface area contributed by atoms with Crippen LogP contribution in [0.15, 0.2) is 47.4 Å². The van der Waals surface area contributed by atoms with Gasteiger partial charge in [0.15, 0.2) is 0 Å². The molecule has 106 valence electrons. The maximum absolute atomic E-state index is 12.3. The fourth-order valence-corrected chi connectivity index (χ4v) is 3.43. The minimum absolute atomic E-state index is 0.233. The topological polar surface area (TPSA) is 46.2 Å². The molecule has 0 spiro atoms.